The lowest BCUT2D eigenvalue weighted by atomic mass is 9.96. The van der Waals surface area contributed by atoms with E-state index in [1.165, 1.54) is 18.2 Å². The zero-order valence-electron chi connectivity index (χ0n) is 10.9. The zero-order valence-corrected chi connectivity index (χ0v) is 10.9. The molecule has 7 heteroatoms. The summed E-state index contributed by atoms with van der Waals surface area (Å²) in [5, 5.41) is 0. The van der Waals surface area contributed by atoms with Crippen LogP contribution < -0.4 is 11.3 Å². The maximum Gasteiger partial charge on any atom is 0.416 e. The number of nitrogens with one attached hydrogen (secondary N) is 1. The molecule has 2 rings (SSSR count). The molecule has 0 saturated heterocycles. The molecule has 1 heterocycles. The second kappa shape index (κ2) is 6.19. The molecule has 0 spiro atoms. The molecular formula is C14H13F4N3. The minimum Gasteiger partial charge on any atom is -0.271 e. The summed E-state index contributed by atoms with van der Waals surface area (Å²) in [5.74, 6) is 4.86. The Labute approximate surface area is 118 Å². The quantitative estimate of drug-likeness (QED) is 0.518. The van der Waals surface area contributed by atoms with E-state index in [9.17, 15) is 17.6 Å². The monoisotopic (exact) mass is 299 g/mol. The van der Waals surface area contributed by atoms with Crippen LogP contribution in [0.5, 0.6) is 0 Å². The molecule has 3 nitrogen and oxygen atoms in total. The minimum atomic E-state index is -4.53. The molecule has 21 heavy (non-hydrogen) atoms. The molecule has 0 aliphatic heterocycles. The largest absolute Gasteiger partial charge is 0.416 e. The Bertz CT molecular complexity index is 613. The summed E-state index contributed by atoms with van der Waals surface area (Å²) in [6, 6.07) is 5.85. The average Bonchev–Trinajstić information content (AvgIpc) is 2.45. The Morgan fingerprint density at radius 1 is 1.19 bits per heavy atom. The number of hydrogen-bond donors (Lipinski definition) is 2. The minimum absolute atomic E-state index is 0.0159. The van der Waals surface area contributed by atoms with E-state index < -0.39 is 23.6 Å². The van der Waals surface area contributed by atoms with Crippen LogP contribution in [0.3, 0.4) is 0 Å². The number of halogens is 4. The first-order valence-corrected chi connectivity index (χ1v) is 6.14. The number of alkyl halides is 3. The van der Waals surface area contributed by atoms with E-state index in [1.807, 2.05) is 0 Å². The van der Waals surface area contributed by atoms with Gasteiger partial charge in [0.1, 0.15) is 5.82 Å². The summed E-state index contributed by atoms with van der Waals surface area (Å²) in [6.07, 6.45) is -2.39. The van der Waals surface area contributed by atoms with Gasteiger partial charge in [-0.15, -0.1) is 0 Å². The molecule has 1 unspecified atom stereocenters. The molecule has 2 aromatic rings. The van der Waals surface area contributed by atoms with Gasteiger partial charge >= 0.3 is 6.18 Å². The van der Waals surface area contributed by atoms with Crippen LogP contribution in [-0.2, 0) is 12.6 Å². The van der Waals surface area contributed by atoms with E-state index in [2.05, 4.69) is 10.4 Å². The summed E-state index contributed by atoms with van der Waals surface area (Å²) in [6.45, 7) is 0. The first-order valence-electron chi connectivity index (χ1n) is 6.14. The van der Waals surface area contributed by atoms with E-state index >= 15 is 0 Å². The molecule has 0 fully saturated rings. The standard InChI is InChI=1S/C14H13F4N3/c15-12-4-2-1-3-9(12)7-13(21-19)10-8-20-6-5-11(10)14(16,17)18/h1-6,8,13,21H,7,19H2. The number of benzene rings is 1. The Kier molecular flexibility index (Phi) is 4.54. The van der Waals surface area contributed by atoms with Crippen LogP contribution in [0.4, 0.5) is 17.6 Å². The highest BCUT2D eigenvalue weighted by Gasteiger charge is 2.35. The molecule has 1 atom stereocenters. The summed E-state index contributed by atoms with van der Waals surface area (Å²) in [7, 11) is 0. The van der Waals surface area contributed by atoms with E-state index in [1.54, 1.807) is 6.07 Å². The smallest absolute Gasteiger partial charge is 0.271 e. The summed E-state index contributed by atoms with van der Waals surface area (Å²) in [5.41, 5.74) is 1.62. The fourth-order valence-electron chi connectivity index (χ4n) is 2.09. The van der Waals surface area contributed by atoms with Crippen LogP contribution in [0.2, 0.25) is 0 Å². The van der Waals surface area contributed by atoms with Crippen LogP contribution in [0.15, 0.2) is 42.7 Å². The van der Waals surface area contributed by atoms with Gasteiger partial charge in [0.25, 0.3) is 0 Å². The molecule has 1 aromatic heterocycles. The van der Waals surface area contributed by atoms with Crippen molar-refractivity contribution in [3.8, 4) is 0 Å². The normalized spacial score (nSPS) is 13.2. The third-order valence-electron chi connectivity index (χ3n) is 3.12. The molecule has 0 amide bonds. The number of nitrogens with zero attached hydrogens (tertiary/aromatic N) is 1. The first-order chi connectivity index (χ1) is 9.93. The fourth-order valence-corrected chi connectivity index (χ4v) is 2.09. The second-order valence-electron chi connectivity index (χ2n) is 4.48. The predicted octanol–water partition coefficient (Wildman–Crippen LogP) is 2.99. The van der Waals surface area contributed by atoms with Gasteiger partial charge in [-0.3, -0.25) is 16.3 Å². The van der Waals surface area contributed by atoms with Gasteiger partial charge in [0.2, 0.25) is 0 Å². The highest BCUT2D eigenvalue weighted by Crippen LogP contribution is 2.34. The van der Waals surface area contributed by atoms with Gasteiger partial charge in [-0.2, -0.15) is 13.2 Å². The number of nitrogens with two attached hydrogens (primary N) is 1. The Morgan fingerprint density at radius 2 is 1.90 bits per heavy atom. The number of aromatic nitrogens is 1. The van der Waals surface area contributed by atoms with Gasteiger partial charge in [0.05, 0.1) is 11.6 Å². The van der Waals surface area contributed by atoms with Crippen molar-refractivity contribution < 1.29 is 17.6 Å². The maximum absolute atomic E-state index is 13.6. The van der Waals surface area contributed by atoms with Gasteiger partial charge in [-0.1, -0.05) is 18.2 Å². The van der Waals surface area contributed by atoms with E-state index in [-0.39, 0.29) is 17.5 Å². The molecule has 3 N–H and O–H groups in total. The van der Waals surface area contributed by atoms with Gasteiger partial charge in [-0.25, -0.2) is 4.39 Å². The third kappa shape index (κ3) is 3.56. The number of pyridine rings is 1. The zero-order chi connectivity index (χ0) is 15.5. The van der Waals surface area contributed by atoms with Crippen molar-refractivity contribution in [3.63, 3.8) is 0 Å². The van der Waals surface area contributed by atoms with Crippen molar-refractivity contribution in [1.29, 1.82) is 0 Å². The van der Waals surface area contributed by atoms with Crippen LogP contribution >= 0.6 is 0 Å². The number of rotatable bonds is 4. The molecule has 0 aliphatic rings. The predicted molar refractivity (Wildman–Crippen MR) is 69.4 cm³/mol. The van der Waals surface area contributed by atoms with Crippen molar-refractivity contribution in [2.24, 2.45) is 5.84 Å². The molecule has 1 aromatic carbocycles. The number of hydrazine groups is 1. The Morgan fingerprint density at radius 3 is 2.52 bits per heavy atom. The van der Waals surface area contributed by atoms with Crippen molar-refractivity contribution in [1.82, 2.24) is 10.4 Å². The van der Waals surface area contributed by atoms with Gasteiger partial charge < -0.3 is 0 Å². The SMILES string of the molecule is NNC(Cc1ccccc1F)c1cnccc1C(F)(F)F. The molecule has 112 valence electrons. The molecule has 0 aliphatic carbocycles. The van der Waals surface area contributed by atoms with E-state index in [4.69, 9.17) is 5.84 Å². The second-order valence-corrected chi connectivity index (χ2v) is 4.48. The topological polar surface area (TPSA) is 50.9 Å². The van der Waals surface area contributed by atoms with Crippen LogP contribution in [0, 0.1) is 5.82 Å². The lowest BCUT2D eigenvalue weighted by molar-refractivity contribution is -0.138. The fraction of sp³-hybridized carbons (Fsp3) is 0.214. The van der Waals surface area contributed by atoms with Crippen LogP contribution in [0.1, 0.15) is 22.7 Å². The Balaban J connectivity index is 2.37. The van der Waals surface area contributed by atoms with Crippen molar-refractivity contribution in [2.75, 3.05) is 0 Å². The molecular weight excluding hydrogens is 286 g/mol. The molecule has 0 bridgehead atoms. The Hall–Kier alpha value is -1.99. The van der Waals surface area contributed by atoms with E-state index in [0.717, 1.165) is 18.5 Å². The molecule has 0 saturated carbocycles. The van der Waals surface area contributed by atoms with Crippen molar-refractivity contribution in [2.45, 2.75) is 18.6 Å². The summed E-state index contributed by atoms with van der Waals surface area (Å²) >= 11 is 0. The van der Waals surface area contributed by atoms with Gasteiger partial charge in [0.15, 0.2) is 0 Å². The highest BCUT2D eigenvalue weighted by molar-refractivity contribution is 5.31. The van der Waals surface area contributed by atoms with Crippen LogP contribution in [0.25, 0.3) is 0 Å². The highest BCUT2D eigenvalue weighted by atomic mass is 19.4. The average molecular weight is 299 g/mol. The first kappa shape index (κ1) is 15.4. The molecule has 0 radical (unpaired) electrons. The van der Waals surface area contributed by atoms with Gasteiger partial charge in [-0.05, 0) is 24.1 Å². The third-order valence-corrected chi connectivity index (χ3v) is 3.12. The van der Waals surface area contributed by atoms with E-state index in [0.29, 0.717) is 0 Å². The lowest BCUT2D eigenvalue weighted by Gasteiger charge is -2.20. The van der Waals surface area contributed by atoms with Gasteiger partial charge in [0, 0.05) is 18.0 Å². The summed E-state index contributed by atoms with van der Waals surface area (Å²) < 4.78 is 52.6. The van der Waals surface area contributed by atoms with Crippen molar-refractivity contribution in [3.05, 3.63) is 65.2 Å². The summed E-state index contributed by atoms with van der Waals surface area (Å²) in [4.78, 5) is 3.70. The van der Waals surface area contributed by atoms with Crippen molar-refractivity contribution >= 4 is 0 Å². The van der Waals surface area contributed by atoms with Crippen LogP contribution in [-0.4, -0.2) is 4.98 Å². The maximum atomic E-state index is 13.6. The number of hydrogen-bond acceptors (Lipinski definition) is 3. The lowest BCUT2D eigenvalue weighted by Crippen LogP contribution is -2.31.